The van der Waals surface area contributed by atoms with Gasteiger partial charge in [0, 0.05) is 76.2 Å². The van der Waals surface area contributed by atoms with E-state index in [0.29, 0.717) is 76.7 Å². The Bertz CT molecular complexity index is 3100. The van der Waals surface area contributed by atoms with Crippen LogP contribution in [-0.4, -0.2) is 91.9 Å². The SMILES string of the molecule is CC1(C)C(/C=C/C2=C3Oc4cc(O)ccc4C(/C=C4/N(CCCCS(=O)(=O)[O-])c5ccc(S(=O)(=O)[O-])cc5C4(C)C)=C3CCC2)=[N+](CCCCS(=O)(=O)[O-])c2ccc(S(=O)(=O)[O-])cc21.[Cl-].[Na+].[Na+].[Na+].[Na+]. The number of halogens is 1. The van der Waals surface area contributed by atoms with Crippen LogP contribution in [0, 0.1) is 0 Å². The van der Waals surface area contributed by atoms with Gasteiger partial charge in [-0.25, -0.2) is 33.7 Å². The normalized spacial score (nSPS) is 17.6. The summed E-state index contributed by atoms with van der Waals surface area (Å²) in [5.74, 6) is -0.302. The van der Waals surface area contributed by atoms with E-state index in [2.05, 4.69) is 0 Å². The molecule has 4 aliphatic rings. The van der Waals surface area contributed by atoms with Gasteiger partial charge in [-0.15, -0.1) is 0 Å². The van der Waals surface area contributed by atoms with Crippen molar-refractivity contribution in [2.75, 3.05) is 29.5 Å². The molecule has 3 aromatic rings. The molecule has 0 amide bonds. The summed E-state index contributed by atoms with van der Waals surface area (Å²) in [6.07, 6.45) is 8.30. The van der Waals surface area contributed by atoms with Crippen molar-refractivity contribution >= 4 is 63.1 Å². The van der Waals surface area contributed by atoms with E-state index in [1.807, 2.05) is 55.4 Å². The predicted octanol–water partition coefficient (Wildman–Crippen LogP) is -9.23. The van der Waals surface area contributed by atoms with E-state index in [-0.39, 0.29) is 169 Å². The van der Waals surface area contributed by atoms with Gasteiger partial charge in [-0.05, 0) is 124 Å². The molecule has 0 saturated heterocycles. The van der Waals surface area contributed by atoms with Gasteiger partial charge in [-0.3, -0.25) is 0 Å². The third-order valence-electron chi connectivity index (χ3n) is 12.3. The molecule has 3 heterocycles. The van der Waals surface area contributed by atoms with Gasteiger partial charge in [0.1, 0.15) is 44.0 Å². The number of unbranched alkanes of at least 4 members (excludes halogenated alkanes) is 2. The standard InChI is InChI=1S/C44H50N2O14S4.ClH.4Na/c1-43(2)35-25-30(63(54,55)56)14-17-37(35)45(20-5-7-22-61(48,49)50)40(43)19-12-28-10-9-11-33-34(32-16-13-29(47)24-39(32)60-42(28)33)27-41-44(3,4)36-26-31(64(57,58)59)15-18-38(36)46(41)21-6-8-23-62(51,52)53;;;;;/h12-19,24-27H,5-11,20-23H2,1-4H3,(H4,48,49,50,51,52,53,54,55,56,57,58,59);1H;;;;/q;;4*+1/p-4/b41-27+;;;;;. The molecule has 1 N–H and O–H groups in total. The second-order valence-electron chi connectivity index (χ2n) is 17.4. The molecule has 0 radical (unpaired) electrons. The third-order valence-corrected chi connectivity index (χ3v) is 15.6. The van der Waals surface area contributed by atoms with Crippen LogP contribution in [0.4, 0.5) is 11.4 Å². The molecule has 0 saturated carbocycles. The van der Waals surface area contributed by atoms with Crippen molar-refractivity contribution in [2.45, 2.75) is 93.3 Å². The fraction of sp³-hybridized carbons (Fsp3) is 0.386. The Balaban J connectivity index is 0.00000327. The number of hydrogen-bond acceptors (Lipinski definition) is 15. The Morgan fingerprint density at radius 2 is 1.29 bits per heavy atom. The van der Waals surface area contributed by atoms with E-state index in [4.69, 9.17) is 4.74 Å². The second-order valence-corrected chi connectivity index (χ2v) is 23.2. The molecule has 7 rings (SSSR count). The average molecular weight is 1080 g/mol. The number of anilines is 1. The molecular weight excluding hydrogens is 1040 g/mol. The maximum Gasteiger partial charge on any atom is 1.00 e. The van der Waals surface area contributed by atoms with Crippen LogP contribution in [0.25, 0.3) is 5.57 Å². The first-order chi connectivity index (χ1) is 29.7. The first kappa shape index (κ1) is 64.7. The largest absolute Gasteiger partial charge is 1.00 e. The zero-order chi connectivity index (χ0) is 46.8. The number of phenols is 1. The number of aromatic hydroxyl groups is 1. The number of phenolic OH excluding ortho intramolecular Hbond substituents is 1. The molecule has 0 fully saturated rings. The summed E-state index contributed by atoms with van der Waals surface area (Å²) in [4.78, 5) is 1.13. The number of hydrogen-bond donors (Lipinski definition) is 1. The number of fused-ring (bicyclic) bond motifs is 4. The third kappa shape index (κ3) is 14.5. The van der Waals surface area contributed by atoms with Crippen LogP contribution in [0.15, 0.2) is 105 Å². The van der Waals surface area contributed by atoms with Crippen molar-refractivity contribution in [3.63, 3.8) is 0 Å². The molecule has 25 heteroatoms. The number of allylic oxidation sites excluding steroid dienone is 7. The fourth-order valence-corrected chi connectivity index (χ4v) is 11.3. The van der Waals surface area contributed by atoms with Crippen molar-refractivity contribution in [3.8, 4) is 11.5 Å². The number of benzene rings is 3. The van der Waals surface area contributed by atoms with Gasteiger partial charge >= 0.3 is 118 Å². The Morgan fingerprint density at radius 3 is 1.88 bits per heavy atom. The maximum absolute atomic E-state index is 12.2. The Kier molecular flexibility index (Phi) is 23.0. The van der Waals surface area contributed by atoms with E-state index >= 15 is 0 Å². The average Bonchev–Trinajstić information content (AvgIpc) is 3.52. The molecule has 0 atom stereocenters. The van der Waals surface area contributed by atoms with Crippen molar-refractivity contribution in [1.29, 1.82) is 0 Å². The zero-order valence-electron chi connectivity index (χ0n) is 39.9. The first-order valence-electron chi connectivity index (χ1n) is 20.6. The summed E-state index contributed by atoms with van der Waals surface area (Å²) < 4.78 is 150. The van der Waals surface area contributed by atoms with Gasteiger partial charge in [-0.1, -0.05) is 13.8 Å². The summed E-state index contributed by atoms with van der Waals surface area (Å²) >= 11 is 0. The topological polar surface area (TPSA) is 265 Å². The molecule has 0 unspecified atom stereocenters. The Morgan fingerprint density at radius 1 is 0.710 bits per heavy atom. The molecule has 3 aliphatic heterocycles. The minimum absolute atomic E-state index is 0. The molecule has 1 aliphatic carbocycles. The summed E-state index contributed by atoms with van der Waals surface area (Å²) in [6.45, 7) is 8.05. The van der Waals surface area contributed by atoms with Crippen LogP contribution in [0.2, 0.25) is 0 Å². The van der Waals surface area contributed by atoms with Crippen LogP contribution in [0.1, 0.15) is 89.3 Å². The van der Waals surface area contributed by atoms with Gasteiger partial charge in [0.25, 0.3) is 0 Å². The number of rotatable bonds is 15. The van der Waals surface area contributed by atoms with Gasteiger partial charge in [0.15, 0.2) is 5.71 Å². The number of nitrogens with zero attached hydrogens (tertiary/aromatic N) is 2. The molecule has 352 valence electrons. The van der Waals surface area contributed by atoms with E-state index in [9.17, 15) is 57.0 Å². The fourth-order valence-electron chi connectivity index (χ4n) is 9.15. The van der Waals surface area contributed by atoms with E-state index in [1.54, 1.807) is 18.2 Å². The van der Waals surface area contributed by atoms with Crippen molar-refractivity contribution in [2.24, 2.45) is 0 Å². The first-order valence-corrected chi connectivity index (χ1v) is 26.5. The smallest absolute Gasteiger partial charge is 1.00 e. The monoisotopic (exact) mass is 1080 g/mol. The second kappa shape index (κ2) is 24.5. The summed E-state index contributed by atoms with van der Waals surface area (Å²) in [7, 11) is -18.5. The maximum atomic E-state index is 12.2. The van der Waals surface area contributed by atoms with E-state index in [1.165, 1.54) is 36.4 Å². The molecule has 69 heavy (non-hydrogen) atoms. The Labute approximate surface area is 499 Å². The molecule has 0 spiro atoms. The van der Waals surface area contributed by atoms with Gasteiger partial charge < -0.3 is 45.4 Å². The van der Waals surface area contributed by atoms with Gasteiger partial charge in [-0.2, -0.15) is 4.58 Å². The van der Waals surface area contributed by atoms with Crippen LogP contribution in [0.5, 0.6) is 11.5 Å². The molecular formula is C44H47ClN2Na4O14S4. The van der Waals surface area contributed by atoms with Crippen molar-refractivity contribution in [3.05, 3.63) is 112 Å². The predicted molar refractivity (Wildman–Crippen MR) is 233 cm³/mol. The molecule has 0 aromatic heterocycles. The molecule has 3 aromatic carbocycles. The zero-order valence-corrected chi connectivity index (χ0v) is 51.9. The van der Waals surface area contributed by atoms with Crippen molar-refractivity contribution in [1.82, 2.24) is 0 Å². The van der Waals surface area contributed by atoms with Crippen LogP contribution in [-0.2, 0) is 51.3 Å². The Hall–Kier alpha value is -0.380. The molecule has 16 nitrogen and oxygen atoms in total. The number of ether oxygens (including phenoxy) is 1. The van der Waals surface area contributed by atoms with Crippen LogP contribution >= 0.6 is 0 Å². The summed E-state index contributed by atoms with van der Waals surface area (Å²) in [5.41, 5.74) is 4.98. The minimum atomic E-state index is -4.82. The summed E-state index contributed by atoms with van der Waals surface area (Å²) in [5, 5.41) is 10.6. The van der Waals surface area contributed by atoms with Gasteiger partial charge in [0.05, 0.1) is 35.4 Å². The molecule has 0 bridgehead atoms. The summed E-state index contributed by atoms with van der Waals surface area (Å²) in [6, 6.07) is 13.0. The minimum Gasteiger partial charge on any atom is -1.00 e. The van der Waals surface area contributed by atoms with E-state index in [0.717, 1.165) is 16.7 Å². The van der Waals surface area contributed by atoms with Crippen molar-refractivity contribution < 1.29 is 197 Å². The van der Waals surface area contributed by atoms with Crippen LogP contribution in [0.3, 0.4) is 0 Å². The van der Waals surface area contributed by atoms with E-state index < -0.39 is 72.6 Å². The van der Waals surface area contributed by atoms with Crippen LogP contribution < -0.4 is 140 Å². The quantitative estimate of drug-likeness (QED) is 0.0642. The van der Waals surface area contributed by atoms with Gasteiger partial charge in [0.2, 0.25) is 5.69 Å².